The van der Waals surface area contributed by atoms with Crippen LogP contribution in [0.4, 0.5) is 0 Å². The van der Waals surface area contributed by atoms with Crippen molar-refractivity contribution in [1.82, 2.24) is 0 Å². The molecule has 0 radical (unpaired) electrons. The first-order valence-corrected chi connectivity index (χ1v) is 16.4. The highest BCUT2D eigenvalue weighted by atomic mass is 32.1. The molecule has 0 amide bonds. The van der Waals surface area contributed by atoms with Crippen LogP contribution in [0, 0.1) is 6.92 Å². The van der Waals surface area contributed by atoms with Crippen LogP contribution in [0.5, 0.6) is 0 Å². The Bertz CT molecular complexity index is 1510. The van der Waals surface area contributed by atoms with Crippen molar-refractivity contribution in [3.05, 3.63) is 69.9 Å². The highest BCUT2D eigenvalue weighted by Gasteiger charge is 2.19. The van der Waals surface area contributed by atoms with Gasteiger partial charge in [0, 0.05) is 56.7 Å². The van der Waals surface area contributed by atoms with Crippen molar-refractivity contribution < 1.29 is 19.8 Å². The first-order valence-electron chi connectivity index (χ1n) is 12.3. The lowest BCUT2D eigenvalue weighted by molar-refractivity contribution is -0.138. The summed E-state index contributed by atoms with van der Waals surface area (Å²) in [5, 5.41) is 20.6. The van der Waals surface area contributed by atoms with Crippen molar-refractivity contribution in [2.45, 2.75) is 46.5 Å². The molecule has 0 atom stereocenters. The van der Waals surface area contributed by atoms with Crippen molar-refractivity contribution in [2.75, 3.05) is 0 Å². The van der Waals surface area contributed by atoms with E-state index in [1.165, 1.54) is 14.6 Å². The summed E-state index contributed by atoms with van der Waals surface area (Å²) in [6.45, 7) is 6.09. The SMILES string of the molecule is CC.Cc1ccc(-c2cc(CCC(=O)O)c(-c3ccc(-c4sc(-c5cccs5)cc4CCC(=O)O)s3)s2)s1. The third kappa shape index (κ3) is 6.71. The maximum Gasteiger partial charge on any atom is 0.303 e. The number of rotatable bonds is 10. The Morgan fingerprint density at radius 2 is 1.18 bits per heavy atom. The Kier molecular flexibility index (Phi) is 9.73. The molecule has 0 aromatic carbocycles. The molecule has 0 aliphatic heterocycles. The van der Waals surface area contributed by atoms with Gasteiger partial charge >= 0.3 is 11.9 Å². The van der Waals surface area contributed by atoms with Crippen LogP contribution in [-0.4, -0.2) is 22.2 Å². The molecule has 0 saturated heterocycles. The molecule has 0 spiro atoms. The van der Waals surface area contributed by atoms with Crippen LogP contribution in [-0.2, 0) is 22.4 Å². The highest BCUT2D eigenvalue weighted by Crippen LogP contribution is 2.47. The van der Waals surface area contributed by atoms with Crippen LogP contribution in [0.3, 0.4) is 0 Å². The lowest BCUT2D eigenvalue weighted by Gasteiger charge is -2.01. The van der Waals surface area contributed by atoms with Crippen molar-refractivity contribution in [1.29, 1.82) is 0 Å². The average molecular weight is 601 g/mol. The zero-order valence-electron chi connectivity index (χ0n) is 21.3. The molecule has 0 fully saturated rings. The molecular formula is C29H28O4S5. The first kappa shape index (κ1) is 28.4. The molecule has 5 aromatic heterocycles. The number of hydrogen-bond acceptors (Lipinski definition) is 7. The number of aliphatic carboxylic acids is 2. The lowest BCUT2D eigenvalue weighted by Crippen LogP contribution is -1.97. The molecule has 5 aromatic rings. The zero-order valence-corrected chi connectivity index (χ0v) is 25.4. The zero-order chi connectivity index (χ0) is 27.2. The summed E-state index contributed by atoms with van der Waals surface area (Å²) in [6, 6.07) is 16.9. The number of carboxylic acid groups (broad SMARTS) is 2. The van der Waals surface area contributed by atoms with Gasteiger partial charge in [0.15, 0.2) is 0 Å². The van der Waals surface area contributed by atoms with Gasteiger partial charge < -0.3 is 10.2 Å². The predicted octanol–water partition coefficient (Wildman–Crippen LogP) is 10.0. The van der Waals surface area contributed by atoms with E-state index in [4.69, 9.17) is 0 Å². The first-order chi connectivity index (χ1) is 18.4. The summed E-state index contributed by atoms with van der Waals surface area (Å²) in [5.74, 6) is -1.59. The third-order valence-electron chi connectivity index (χ3n) is 5.64. The van der Waals surface area contributed by atoms with E-state index in [-0.39, 0.29) is 12.8 Å². The molecule has 5 rings (SSSR count). The van der Waals surface area contributed by atoms with E-state index in [9.17, 15) is 19.8 Å². The van der Waals surface area contributed by atoms with Crippen LogP contribution in [0.15, 0.2) is 53.9 Å². The van der Waals surface area contributed by atoms with Gasteiger partial charge in [0.2, 0.25) is 0 Å². The van der Waals surface area contributed by atoms with E-state index in [2.05, 4.69) is 54.8 Å². The smallest absolute Gasteiger partial charge is 0.303 e. The van der Waals surface area contributed by atoms with E-state index in [1.54, 1.807) is 56.7 Å². The van der Waals surface area contributed by atoms with Crippen molar-refractivity contribution in [2.24, 2.45) is 0 Å². The van der Waals surface area contributed by atoms with Gasteiger partial charge in [-0.25, -0.2) is 0 Å². The van der Waals surface area contributed by atoms with E-state index in [0.29, 0.717) is 12.8 Å². The summed E-state index contributed by atoms with van der Waals surface area (Å²) in [6.07, 6.45) is 1.17. The fourth-order valence-corrected chi connectivity index (χ4v) is 9.43. The fourth-order valence-electron chi connectivity index (χ4n) is 3.94. The topological polar surface area (TPSA) is 74.6 Å². The van der Waals surface area contributed by atoms with Crippen LogP contribution in [0.25, 0.3) is 39.0 Å². The van der Waals surface area contributed by atoms with Crippen LogP contribution >= 0.6 is 56.7 Å². The number of carbonyl (C=O) groups is 2. The summed E-state index contributed by atoms with van der Waals surface area (Å²) in [7, 11) is 0. The summed E-state index contributed by atoms with van der Waals surface area (Å²) in [5.41, 5.74) is 2.12. The Labute approximate surface area is 242 Å². The van der Waals surface area contributed by atoms with Gasteiger partial charge in [0.1, 0.15) is 0 Å². The Balaban J connectivity index is 0.00000164. The normalized spacial score (nSPS) is 10.8. The predicted molar refractivity (Wildman–Crippen MR) is 166 cm³/mol. The monoisotopic (exact) mass is 600 g/mol. The minimum Gasteiger partial charge on any atom is -0.481 e. The van der Waals surface area contributed by atoms with Gasteiger partial charge in [-0.2, -0.15) is 0 Å². The van der Waals surface area contributed by atoms with Crippen LogP contribution < -0.4 is 0 Å². The Hall–Kier alpha value is -2.56. The average Bonchev–Trinajstić information content (AvgIpc) is 3.71. The van der Waals surface area contributed by atoms with E-state index >= 15 is 0 Å². The Morgan fingerprint density at radius 1 is 0.658 bits per heavy atom. The largest absolute Gasteiger partial charge is 0.481 e. The number of aryl methyl sites for hydroxylation is 3. The second-order valence-corrected chi connectivity index (χ2v) is 13.7. The quantitative estimate of drug-likeness (QED) is 0.167. The molecule has 198 valence electrons. The number of carboxylic acids is 2. The van der Waals surface area contributed by atoms with E-state index in [0.717, 1.165) is 40.4 Å². The summed E-state index contributed by atoms with van der Waals surface area (Å²) >= 11 is 8.55. The van der Waals surface area contributed by atoms with Gasteiger partial charge in [-0.1, -0.05) is 19.9 Å². The van der Waals surface area contributed by atoms with E-state index in [1.807, 2.05) is 19.9 Å². The number of hydrogen-bond donors (Lipinski definition) is 2. The second kappa shape index (κ2) is 13.0. The van der Waals surface area contributed by atoms with Crippen LogP contribution in [0.2, 0.25) is 0 Å². The van der Waals surface area contributed by atoms with Gasteiger partial charge in [-0.05, 0) is 78.7 Å². The Morgan fingerprint density at radius 3 is 1.63 bits per heavy atom. The molecule has 0 aliphatic carbocycles. The van der Waals surface area contributed by atoms with Gasteiger partial charge in [-0.3, -0.25) is 9.59 Å². The van der Waals surface area contributed by atoms with Crippen LogP contribution in [0.1, 0.15) is 42.7 Å². The van der Waals surface area contributed by atoms with Crippen molar-refractivity contribution in [3.63, 3.8) is 0 Å². The lowest BCUT2D eigenvalue weighted by atomic mass is 10.1. The standard InChI is InChI=1S/C27H22O4S5.C2H6/c1-15-4-7-19(33-15)23-14-17(6-11-25(30)31)27(36-23)21-9-8-20(34-21)26-16(5-10-24(28)29)13-22(35-26)18-3-2-12-32-18;1-2/h2-4,7-9,12-14H,5-6,10-11H2,1H3,(H,28,29)(H,30,31);1-2H3. The van der Waals surface area contributed by atoms with Crippen molar-refractivity contribution in [3.8, 4) is 39.0 Å². The molecule has 0 bridgehead atoms. The molecular weight excluding hydrogens is 573 g/mol. The molecule has 5 heterocycles. The molecule has 2 N–H and O–H groups in total. The minimum absolute atomic E-state index is 0.0965. The van der Waals surface area contributed by atoms with Gasteiger partial charge in [-0.15, -0.1) is 56.7 Å². The fraction of sp³-hybridized carbons (Fsp3) is 0.241. The molecule has 0 saturated carbocycles. The summed E-state index contributed by atoms with van der Waals surface area (Å²) in [4.78, 5) is 33.0. The molecule has 38 heavy (non-hydrogen) atoms. The number of thiophene rings is 5. The highest BCUT2D eigenvalue weighted by molar-refractivity contribution is 7.29. The molecule has 0 aliphatic rings. The van der Waals surface area contributed by atoms with Gasteiger partial charge in [0.25, 0.3) is 0 Å². The van der Waals surface area contributed by atoms with E-state index < -0.39 is 11.9 Å². The summed E-state index contributed by atoms with van der Waals surface area (Å²) < 4.78 is 0. The molecule has 4 nitrogen and oxygen atoms in total. The second-order valence-electron chi connectivity index (χ2n) is 8.27. The third-order valence-corrected chi connectivity index (χ3v) is 11.7. The van der Waals surface area contributed by atoms with Crippen molar-refractivity contribution >= 4 is 68.6 Å². The maximum atomic E-state index is 11.3. The van der Waals surface area contributed by atoms with Gasteiger partial charge in [0.05, 0.1) is 0 Å². The molecule has 0 unspecified atom stereocenters. The maximum absolute atomic E-state index is 11.3. The molecule has 9 heteroatoms. The minimum atomic E-state index is -0.797.